The van der Waals surface area contributed by atoms with Gasteiger partial charge >= 0.3 is 0 Å². The number of benzene rings is 2. The van der Waals surface area contributed by atoms with Crippen molar-refractivity contribution in [3.05, 3.63) is 54.6 Å². The first-order chi connectivity index (χ1) is 9.74. The number of nitrogens with two attached hydrogens (primary N) is 1. The summed E-state index contributed by atoms with van der Waals surface area (Å²) in [6.07, 6.45) is 6.04. The van der Waals surface area contributed by atoms with Crippen molar-refractivity contribution in [2.45, 2.75) is 31.7 Å². The van der Waals surface area contributed by atoms with Crippen molar-refractivity contribution < 1.29 is 4.74 Å². The van der Waals surface area contributed by atoms with Gasteiger partial charge in [-0.2, -0.15) is 0 Å². The Labute approximate surface area is 121 Å². The van der Waals surface area contributed by atoms with E-state index in [2.05, 4.69) is 36.9 Å². The molecule has 0 aliphatic rings. The van der Waals surface area contributed by atoms with Gasteiger partial charge in [0.2, 0.25) is 0 Å². The van der Waals surface area contributed by atoms with Crippen LogP contribution in [0.15, 0.2) is 49.1 Å². The molecule has 2 aromatic carbocycles. The zero-order valence-electron chi connectivity index (χ0n) is 12.1. The van der Waals surface area contributed by atoms with Gasteiger partial charge < -0.3 is 10.5 Å². The maximum Gasteiger partial charge on any atom is 0.119 e. The van der Waals surface area contributed by atoms with Gasteiger partial charge in [-0.05, 0) is 54.2 Å². The number of hydrogen-bond acceptors (Lipinski definition) is 2. The summed E-state index contributed by atoms with van der Waals surface area (Å²) in [5.41, 5.74) is 7.54. The van der Waals surface area contributed by atoms with E-state index < -0.39 is 0 Å². The lowest BCUT2D eigenvalue weighted by Gasteiger charge is -2.13. The zero-order chi connectivity index (χ0) is 14.4. The Kier molecular flexibility index (Phi) is 5.19. The highest BCUT2D eigenvalue weighted by Crippen LogP contribution is 2.25. The number of fused-ring (bicyclic) bond motifs is 1. The molecule has 1 atom stereocenters. The Morgan fingerprint density at radius 2 is 2.15 bits per heavy atom. The third-order valence-corrected chi connectivity index (χ3v) is 3.64. The molecule has 0 amide bonds. The molecule has 0 aliphatic carbocycles. The third-order valence-electron chi connectivity index (χ3n) is 3.64. The average molecular weight is 269 g/mol. The summed E-state index contributed by atoms with van der Waals surface area (Å²) in [5, 5.41) is 2.48. The van der Waals surface area contributed by atoms with E-state index >= 15 is 0 Å². The Balaban J connectivity index is 2.18. The second kappa shape index (κ2) is 7.11. The number of methoxy groups -OCH3 is 1. The first kappa shape index (κ1) is 14.6. The van der Waals surface area contributed by atoms with E-state index in [1.54, 1.807) is 7.11 Å². The standard InChI is InChI=1S/C18H23NO/c1-3-4-5-9-16(19)12-15-8-6-7-14-10-11-17(20-2)13-18(14)15/h3,6-8,10-11,13,16H,1,4-5,9,12,19H2,2H3. The highest BCUT2D eigenvalue weighted by atomic mass is 16.5. The summed E-state index contributed by atoms with van der Waals surface area (Å²) < 4.78 is 5.32. The molecule has 1 unspecified atom stereocenters. The molecule has 0 radical (unpaired) electrons. The van der Waals surface area contributed by atoms with E-state index in [1.165, 1.54) is 16.3 Å². The van der Waals surface area contributed by atoms with E-state index in [0.717, 1.165) is 31.4 Å². The van der Waals surface area contributed by atoms with Crippen LogP contribution < -0.4 is 10.5 Å². The number of ether oxygens (including phenoxy) is 1. The Hall–Kier alpha value is -1.80. The van der Waals surface area contributed by atoms with Crippen LogP contribution in [0.4, 0.5) is 0 Å². The van der Waals surface area contributed by atoms with Crippen molar-refractivity contribution >= 4 is 10.8 Å². The SMILES string of the molecule is C=CCCCC(N)Cc1cccc2ccc(OC)cc12. The van der Waals surface area contributed by atoms with E-state index in [9.17, 15) is 0 Å². The molecule has 20 heavy (non-hydrogen) atoms. The largest absolute Gasteiger partial charge is 0.497 e. The predicted molar refractivity (Wildman–Crippen MR) is 86.2 cm³/mol. The third kappa shape index (κ3) is 3.61. The monoisotopic (exact) mass is 269 g/mol. The fraction of sp³-hybridized carbons (Fsp3) is 0.333. The maximum absolute atomic E-state index is 6.24. The van der Waals surface area contributed by atoms with Crippen molar-refractivity contribution in [2.75, 3.05) is 7.11 Å². The average Bonchev–Trinajstić information content (AvgIpc) is 2.47. The Bertz CT molecular complexity index is 577. The summed E-state index contributed by atoms with van der Waals surface area (Å²) in [6.45, 7) is 3.75. The van der Waals surface area contributed by atoms with Crippen LogP contribution >= 0.6 is 0 Å². The lowest BCUT2D eigenvalue weighted by molar-refractivity contribution is 0.415. The van der Waals surface area contributed by atoms with Gasteiger partial charge in [-0.25, -0.2) is 0 Å². The van der Waals surface area contributed by atoms with E-state index in [4.69, 9.17) is 10.5 Å². The molecule has 2 aromatic rings. The molecular formula is C18H23NO. The molecule has 2 rings (SSSR count). The van der Waals surface area contributed by atoms with Crippen LogP contribution in [0.25, 0.3) is 10.8 Å². The van der Waals surface area contributed by atoms with Gasteiger partial charge in [-0.1, -0.05) is 30.3 Å². The molecule has 2 nitrogen and oxygen atoms in total. The highest BCUT2D eigenvalue weighted by Gasteiger charge is 2.08. The molecule has 0 bridgehead atoms. The molecule has 0 spiro atoms. The Morgan fingerprint density at radius 3 is 2.90 bits per heavy atom. The van der Waals surface area contributed by atoms with Crippen LogP contribution in [0.1, 0.15) is 24.8 Å². The highest BCUT2D eigenvalue weighted by molar-refractivity contribution is 5.87. The molecule has 0 fully saturated rings. The van der Waals surface area contributed by atoms with Gasteiger partial charge in [-0.3, -0.25) is 0 Å². The predicted octanol–water partition coefficient (Wildman–Crippen LogP) is 4.07. The number of allylic oxidation sites excluding steroid dienone is 1. The van der Waals surface area contributed by atoms with Crippen LogP contribution in [0.5, 0.6) is 5.75 Å². The first-order valence-electron chi connectivity index (χ1n) is 7.16. The summed E-state index contributed by atoms with van der Waals surface area (Å²) in [7, 11) is 1.70. The second-order valence-electron chi connectivity index (χ2n) is 5.19. The minimum atomic E-state index is 0.201. The molecule has 106 valence electrons. The first-order valence-corrected chi connectivity index (χ1v) is 7.16. The second-order valence-corrected chi connectivity index (χ2v) is 5.19. The van der Waals surface area contributed by atoms with Crippen molar-refractivity contribution in [1.29, 1.82) is 0 Å². The topological polar surface area (TPSA) is 35.2 Å². The zero-order valence-corrected chi connectivity index (χ0v) is 12.1. The van der Waals surface area contributed by atoms with Gasteiger partial charge in [0.1, 0.15) is 5.75 Å². The van der Waals surface area contributed by atoms with Gasteiger partial charge in [0.05, 0.1) is 7.11 Å². The molecule has 0 aromatic heterocycles. The van der Waals surface area contributed by atoms with Crippen LogP contribution in [0.3, 0.4) is 0 Å². The number of rotatable bonds is 7. The summed E-state index contributed by atoms with van der Waals surface area (Å²) in [5.74, 6) is 0.894. The van der Waals surface area contributed by atoms with E-state index in [0.29, 0.717) is 0 Å². The minimum absolute atomic E-state index is 0.201. The quantitative estimate of drug-likeness (QED) is 0.607. The van der Waals surface area contributed by atoms with Gasteiger partial charge in [0.25, 0.3) is 0 Å². The van der Waals surface area contributed by atoms with Crippen molar-refractivity contribution in [2.24, 2.45) is 5.73 Å². The molecule has 0 aliphatic heterocycles. The van der Waals surface area contributed by atoms with Crippen molar-refractivity contribution in [3.63, 3.8) is 0 Å². The number of hydrogen-bond donors (Lipinski definition) is 1. The maximum atomic E-state index is 6.24. The number of unbranched alkanes of at least 4 members (excludes halogenated alkanes) is 1. The summed E-state index contributed by atoms with van der Waals surface area (Å²) in [4.78, 5) is 0. The lowest BCUT2D eigenvalue weighted by Crippen LogP contribution is -2.22. The van der Waals surface area contributed by atoms with Crippen LogP contribution in [0, 0.1) is 0 Å². The van der Waals surface area contributed by atoms with E-state index in [1.807, 2.05) is 12.1 Å². The van der Waals surface area contributed by atoms with Gasteiger partial charge in [-0.15, -0.1) is 6.58 Å². The van der Waals surface area contributed by atoms with Crippen LogP contribution in [-0.2, 0) is 6.42 Å². The van der Waals surface area contributed by atoms with Crippen molar-refractivity contribution in [1.82, 2.24) is 0 Å². The molecule has 2 heteroatoms. The summed E-state index contributed by atoms with van der Waals surface area (Å²) >= 11 is 0. The Morgan fingerprint density at radius 1 is 1.30 bits per heavy atom. The van der Waals surface area contributed by atoms with E-state index in [-0.39, 0.29) is 6.04 Å². The smallest absolute Gasteiger partial charge is 0.119 e. The molecule has 0 heterocycles. The van der Waals surface area contributed by atoms with Crippen molar-refractivity contribution in [3.8, 4) is 5.75 Å². The molecule has 0 saturated carbocycles. The van der Waals surface area contributed by atoms with Crippen LogP contribution in [0.2, 0.25) is 0 Å². The van der Waals surface area contributed by atoms with Gasteiger partial charge in [0, 0.05) is 6.04 Å². The van der Waals surface area contributed by atoms with Crippen LogP contribution in [-0.4, -0.2) is 13.2 Å². The summed E-state index contributed by atoms with van der Waals surface area (Å²) in [6, 6.07) is 12.8. The molecular weight excluding hydrogens is 246 g/mol. The van der Waals surface area contributed by atoms with Gasteiger partial charge in [0.15, 0.2) is 0 Å². The molecule has 2 N–H and O–H groups in total. The fourth-order valence-electron chi connectivity index (χ4n) is 2.53. The normalized spacial score (nSPS) is 12.3. The lowest BCUT2D eigenvalue weighted by atomic mass is 9.96. The molecule has 0 saturated heterocycles. The minimum Gasteiger partial charge on any atom is -0.497 e. The fourth-order valence-corrected chi connectivity index (χ4v) is 2.53.